The van der Waals surface area contributed by atoms with E-state index in [1.807, 2.05) is 6.92 Å². The van der Waals surface area contributed by atoms with Crippen molar-refractivity contribution in [2.75, 3.05) is 20.3 Å². The third kappa shape index (κ3) is 5.34. The molecule has 1 aliphatic heterocycles. The minimum atomic E-state index is -4.42. The third-order valence-corrected chi connectivity index (χ3v) is 7.75. The van der Waals surface area contributed by atoms with E-state index in [1.165, 1.54) is 19.2 Å². The van der Waals surface area contributed by atoms with Crippen LogP contribution in [0.25, 0.3) is 0 Å². The fourth-order valence-corrected chi connectivity index (χ4v) is 6.01. The normalized spacial score (nSPS) is 20.5. The quantitative estimate of drug-likeness (QED) is 0.399. The molecule has 10 heteroatoms. The van der Waals surface area contributed by atoms with Gasteiger partial charge in [0.05, 0.1) is 24.6 Å². The molecular formula is C22H25F3NO5P. The van der Waals surface area contributed by atoms with E-state index in [-0.39, 0.29) is 5.75 Å². The monoisotopic (exact) mass is 471 g/mol. The molecule has 0 radical (unpaired) electrons. The fraction of sp³-hybridized carbons (Fsp3) is 0.409. The molecule has 0 aliphatic carbocycles. The molecule has 0 amide bonds. The lowest BCUT2D eigenvalue weighted by Crippen LogP contribution is -2.45. The number of alkyl halides is 3. The zero-order valence-corrected chi connectivity index (χ0v) is 18.7. The van der Waals surface area contributed by atoms with Gasteiger partial charge < -0.3 is 14.0 Å². The highest BCUT2D eigenvalue weighted by Crippen LogP contribution is 2.54. The number of carbonyl (C=O) groups excluding carboxylic acids is 1. The molecule has 0 saturated carbocycles. The summed E-state index contributed by atoms with van der Waals surface area (Å²) >= 11 is 0. The van der Waals surface area contributed by atoms with E-state index in [4.69, 9.17) is 14.0 Å². The maximum Gasteiger partial charge on any atom is 0.416 e. The van der Waals surface area contributed by atoms with Crippen molar-refractivity contribution in [2.45, 2.75) is 38.4 Å². The van der Waals surface area contributed by atoms with Crippen molar-refractivity contribution in [1.29, 1.82) is 0 Å². The molecule has 1 fully saturated rings. The molecule has 0 spiro atoms. The van der Waals surface area contributed by atoms with E-state index < -0.39 is 31.3 Å². The number of hydrogen-bond acceptors (Lipinski definition) is 5. The summed E-state index contributed by atoms with van der Waals surface area (Å²) in [6.07, 6.45) is -2.60. The van der Waals surface area contributed by atoms with Crippen LogP contribution in [0.4, 0.5) is 13.2 Å². The first kappa shape index (κ1) is 24.3. The summed E-state index contributed by atoms with van der Waals surface area (Å²) < 4.78 is 69.8. The second kappa shape index (κ2) is 10.1. The average molecular weight is 471 g/mol. The number of ether oxygens (including phenoxy) is 2. The Bertz CT molecular complexity index is 963. The lowest BCUT2D eigenvalue weighted by Gasteiger charge is -2.39. The van der Waals surface area contributed by atoms with Crippen molar-refractivity contribution >= 4 is 18.8 Å². The van der Waals surface area contributed by atoms with Crippen LogP contribution in [-0.2, 0) is 24.8 Å². The Labute approximate surface area is 184 Å². The second-order valence-electron chi connectivity index (χ2n) is 7.32. The van der Waals surface area contributed by atoms with Crippen LogP contribution in [0.1, 0.15) is 31.7 Å². The van der Waals surface area contributed by atoms with E-state index in [0.29, 0.717) is 43.5 Å². The Morgan fingerprint density at radius 3 is 2.25 bits per heavy atom. The Kier molecular flexibility index (Phi) is 7.64. The van der Waals surface area contributed by atoms with Crippen molar-refractivity contribution in [3.8, 4) is 11.5 Å². The number of esters is 1. The Hall–Kier alpha value is -2.35. The lowest BCUT2D eigenvalue weighted by molar-refractivity contribution is -0.146. The van der Waals surface area contributed by atoms with E-state index in [2.05, 4.69) is 0 Å². The van der Waals surface area contributed by atoms with Crippen molar-refractivity contribution in [2.24, 2.45) is 0 Å². The predicted molar refractivity (Wildman–Crippen MR) is 113 cm³/mol. The molecule has 2 aromatic rings. The molecule has 2 atom stereocenters. The highest BCUT2D eigenvalue weighted by molar-refractivity contribution is 7.64. The van der Waals surface area contributed by atoms with Gasteiger partial charge in [0.15, 0.2) is 0 Å². The van der Waals surface area contributed by atoms with Gasteiger partial charge in [0.1, 0.15) is 17.5 Å². The Balaban J connectivity index is 1.81. The standard InChI is InChI=1S/C22H25F3NO5P/c1-3-5-20(21(27)29-2)26-14-4-15-30-32(26,28)19-12-10-18(11-13-19)31-17-8-6-16(7-9-17)22(23,24)25/h6-13,20H,3-5,14-15H2,1-2H3. The molecule has 0 aromatic heterocycles. The van der Waals surface area contributed by atoms with E-state index in [9.17, 15) is 22.5 Å². The molecule has 2 aromatic carbocycles. The molecular weight excluding hydrogens is 446 g/mol. The van der Waals surface area contributed by atoms with Crippen molar-refractivity contribution in [1.82, 2.24) is 4.67 Å². The number of nitrogens with zero attached hydrogens (tertiary/aromatic N) is 1. The molecule has 6 nitrogen and oxygen atoms in total. The van der Waals surface area contributed by atoms with Crippen LogP contribution in [0.3, 0.4) is 0 Å². The summed E-state index contributed by atoms with van der Waals surface area (Å²) in [5, 5.41) is 0.405. The van der Waals surface area contributed by atoms with E-state index >= 15 is 0 Å². The maximum atomic E-state index is 13.9. The van der Waals surface area contributed by atoms with Crippen LogP contribution in [-0.4, -0.2) is 36.9 Å². The molecule has 32 heavy (non-hydrogen) atoms. The summed E-state index contributed by atoms with van der Waals surface area (Å²) in [4.78, 5) is 12.3. The van der Waals surface area contributed by atoms with Crippen molar-refractivity contribution in [3.63, 3.8) is 0 Å². The summed E-state index contributed by atoms with van der Waals surface area (Å²) in [7, 11) is -2.20. The number of hydrogen-bond donors (Lipinski definition) is 0. The van der Waals surface area contributed by atoms with Gasteiger partial charge in [-0.15, -0.1) is 0 Å². The molecule has 1 saturated heterocycles. The number of benzene rings is 2. The van der Waals surface area contributed by atoms with Crippen LogP contribution >= 0.6 is 7.52 Å². The summed E-state index contributed by atoms with van der Waals surface area (Å²) in [5.41, 5.74) is -0.764. The SMILES string of the molecule is CCCC(C(=O)OC)N1CCCOP1(=O)c1ccc(Oc2ccc(C(F)(F)F)cc2)cc1. The van der Waals surface area contributed by atoms with E-state index in [0.717, 1.165) is 12.1 Å². The fourth-order valence-electron chi connectivity index (χ4n) is 3.53. The largest absolute Gasteiger partial charge is 0.468 e. The molecule has 3 rings (SSSR count). The molecule has 0 N–H and O–H groups in total. The predicted octanol–water partition coefficient (Wildman–Crippen LogP) is 5.38. The summed E-state index contributed by atoms with van der Waals surface area (Å²) in [6.45, 7) is 2.66. The zero-order chi connectivity index (χ0) is 23.4. The first-order valence-electron chi connectivity index (χ1n) is 10.2. The van der Waals surface area contributed by atoms with Gasteiger partial charge in [-0.2, -0.15) is 13.2 Å². The molecule has 0 bridgehead atoms. The molecule has 1 heterocycles. The molecule has 2 unspecified atom stereocenters. The van der Waals surface area contributed by atoms with Gasteiger partial charge >= 0.3 is 19.7 Å². The third-order valence-electron chi connectivity index (χ3n) is 5.11. The maximum absolute atomic E-state index is 13.9. The summed E-state index contributed by atoms with van der Waals surface area (Å²) in [5.74, 6) is 0.142. The van der Waals surface area contributed by atoms with Gasteiger partial charge in [-0.25, -0.2) is 4.67 Å². The Morgan fingerprint density at radius 2 is 1.72 bits per heavy atom. The van der Waals surface area contributed by atoms with Crippen molar-refractivity contribution in [3.05, 3.63) is 54.1 Å². The number of methoxy groups -OCH3 is 1. The number of halogens is 3. The van der Waals surface area contributed by atoms with Crippen LogP contribution in [0.15, 0.2) is 48.5 Å². The van der Waals surface area contributed by atoms with Gasteiger partial charge in [-0.3, -0.25) is 9.36 Å². The van der Waals surface area contributed by atoms with Crippen LogP contribution in [0, 0.1) is 0 Å². The smallest absolute Gasteiger partial charge is 0.416 e. The minimum Gasteiger partial charge on any atom is -0.468 e. The summed E-state index contributed by atoms with van der Waals surface area (Å²) in [6, 6.07) is 9.96. The molecule has 174 valence electrons. The topological polar surface area (TPSA) is 65.1 Å². The average Bonchev–Trinajstić information content (AvgIpc) is 2.78. The van der Waals surface area contributed by atoms with Gasteiger partial charge in [0, 0.05) is 6.54 Å². The number of carbonyl (C=O) groups is 1. The van der Waals surface area contributed by atoms with Gasteiger partial charge in [-0.1, -0.05) is 13.3 Å². The lowest BCUT2D eigenvalue weighted by atomic mass is 10.1. The first-order valence-corrected chi connectivity index (χ1v) is 11.8. The van der Waals surface area contributed by atoms with E-state index in [1.54, 1.807) is 28.9 Å². The molecule has 1 aliphatic rings. The first-order chi connectivity index (χ1) is 15.2. The van der Waals surface area contributed by atoms with Crippen LogP contribution in [0.2, 0.25) is 0 Å². The highest BCUT2D eigenvalue weighted by atomic mass is 31.2. The highest BCUT2D eigenvalue weighted by Gasteiger charge is 2.43. The van der Waals surface area contributed by atoms with Crippen molar-refractivity contribution < 1.29 is 36.5 Å². The Morgan fingerprint density at radius 1 is 1.12 bits per heavy atom. The van der Waals surface area contributed by atoms with Gasteiger partial charge in [-0.05, 0) is 61.4 Å². The second-order valence-corrected chi connectivity index (χ2v) is 9.65. The van der Waals surface area contributed by atoms with Gasteiger partial charge in [0.25, 0.3) is 0 Å². The van der Waals surface area contributed by atoms with Crippen LogP contribution in [0.5, 0.6) is 11.5 Å². The van der Waals surface area contributed by atoms with Crippen LogP contribution < -0.4 is 10.0 Å². The van der Waals surface area contributed by atoms with Gasteiger partial charge in [0.2, 0.25) is 0 Å². The zero-order valence-electron chi connectivity index (χ0n) is 17.8. The number of rotatable bonds is 7. The minimum absolute atomic E-state index is 0.238.